The van der Waals surface area contributed by atoms with Gasteiger partial charge in [0.2, 0.25) is 11.8 Å². The lowest BCUT2D eigenvalue weighted by atomic mass is 9.81. The fourth-order valence-corrected chi connectivity index (χ4v) is 1.77. The smallest absolute Gasteiger partial charge is 0.229 e. The third-order valence-corrected chi connectivity index (χ3v) is 2.31. The molecule has 0 aromatic rings. The minimum atomic E-state index is -0.153. The average molecular weight is 213 g/mol. The van der Waals surface area contributed by atoms with E-state index < -0.39 is 0 Å². The number of rotatable bonds is 1. The van der Waals surface area contributed by atoms with Crippen molar-refractivity contribution >= 4 is 11.8 Å². The Hall–Kier alpha value is -0.860. The number of nitrogens with zero attached hydrogens (tertiary/aromatic N) is 1. The molecule has 0 saturated carbocycles. The van der Waals surface area contributed by atoms with Crippen LogP contribution in [0.3, 0.4) is 0 Å². The first-order valence-electron chi connectivity index (χ1n) is 5.68. The van der Waals surface area contributed by atoms with Gasteiger partial charge in [0.25, 0.3) is 0 Å². The summed E-state index contributed by atoms with van der Waals surface area (Å²) in [5.74, 6) is -0.0625. The van der Waals surface area contributed by atoms with Gasteiger partial charge in [0, 0.05) is 18.9 Å². The minimum absolute atomic E-state index is 0.00361. The molecule has 0 aromatic carbocycles. The van der Waals surface area contributed by atoms with Gasteiger partial charge in [-0.2, -0.15) is 0 Å². The van der Waals surface area contributed by atoms with Crippen LogP contribution in [0, 0.1) is 5.41 Å². The first-order chi connectivity index (χ1) is 6.83. The summed E-state index contributed by atoms with van der Waals surface area (Å²) in [6.07, 6.45) is 0.966. The Morgan fingerprint density at radius 2 is 1.40 bits per heavy atom. The molecule has 1 fully saturated rings. The molecule has 0 N–H and O–H groups in total. The maximum atomic E-state index is 11.6. The third-order valence-electron chi connectivity index (χ3n) is 2.31. The molecule has 0 spiro atoms. The molecule has 0 atom stereocenters. The lowest BCUT2D eigenvalue weighted by Gasteiger charge is -2.36. The van der Waals surface area contributed by atoms with Crippen LogP contribution < -0.4 is 0 Å². The average Bonchev–Trinajstić information content (AvgIpc) is 2.02. The van der Waals surface area contributed by atoms with Crippen molar-refractivity contribution < 1.29 is 9.59 Å². The van der Waals surface area contributed by atoms with E-state index in [0.717, 1.165) is 0 Å². The summed E-state index contributed by atoms with van der Waals surface area (Å²) in [5.41, 5.74) is -0.153. The quantitative estimate of drug-likeness (QED) is 0.628. The van der Waals surface area contributed by atoms with Crippen LogP contribution >= 0.6 is 0 Å². The lowest BCUT2D eigenvalue weighted by molar-refractivity contribution is -0.154. The first-order valence-corrected chi connectivity index (χ1v) is 5.68. The van der Waals surface area contributed by atoms with Gasteiger partial charge in [-0.05, 0) is 19.3 Å². The number of hydrogen-bond donors (Lipinski definition) is 0. The maximum Gasteiger partial charge on any atom is 0.229 e. The zero-order chi connectivity index (χ0) is 12.2. The number of carbonyl (C=O) groups excluding carboxylic acids is 2. The van der Waals surface area contributed by atoms with Gasteiger partial charge in [-0.1, -0.05) is 27.7 Å². The number of amides is 2. The third kappa shape index (κ3) is 3.65. The second-order valence-corrected chi connectivity index (χ2v) is 4.77. The van der Waals surface area contributed by atoms with Crippen LogP contribution in [0.15, 0.2) is 0 Å². The molecule has 0 unspecified atom stereocenters. The topological polar surface area (TPSA) is 37.4 Å². The monoisotopic (exact) mass is 213 g/mol. The van der Waals surface area contributed by atoms with Crippen molar-refractivity contribution in [2.75, 3.05) is 0 Å². The maximum absolute atomic E-state index is 11.6. The van der Waals surface area contributed by atoms with Gasteiger partial charge in [0.15, 0.2) is 0 Å². The molecule has 3 heteroatoms. The van der Waals surface area contributed by atoms with Crippen molar-refractivity contribution in [2.45, 2.75) is 60.4 Å². The molecule has 88 valence electrons. The summed E-state index contributed by atoms with van der Waals surface area (Å²) in [5, 5.41) is 0. The molecule has 1 heterocycles. The molecule has 0 radical (unpaired) electrons. The molecule has 3 nitrogen and oxygen atoms in total. The van der Waals surface area contributed by atoms with E-state index in [1.807, 2.05) is 41.5 Å². The largest absolute Gasteiger partial charge is 0.280 e. The van der Waals surface area contributed by atoms with Crippen LogP contribution in [0.4, 0.5) is 0 Å². The van der Waals surface area contributed by atoms with Crippen molar-refractivity contribution in [2.24, 2.45) is 5.41 Å². The Labute approximate surface area is 92.8 Å². The summed E-state index contributed by atoms with van der Waals surface area (Å²) in [7, 11) is 0. The predicted octanol–water partition coefficient (Wildman–Crippen LogP) is 2.60. The number of carbonyl (C=O) groups is 2. The van der Waals surface area contributed by atoms with E-state index in [4.69, 9.17) is 0 Å². The first kappa shape index (κ1) is 14.1. The van der Waals surface area contributed by atoms with Crippen molar-refractivity contribution in [1.29, 1.82) is 0 Å². The zero-order valence-electron chi connectivity index (χ0n) is 10.8. The van der Waals surface area contributed by atoms with Crippen molar-refractivity contribution in [3.63, 3.8) is 0 Å². The van der Waals surface area contributed by atoms with Crippen LogP contribution in [-0.4, -0.2) is 22.8 Å². The second kappa shape index (κ2) is 5.29. The van der Waals surface area contributed by atoms with Gasteiger partial charge < -0.3 is 0 Å². The standard InChI is InChI=1S/C10H17NO2.C2H6/c1-7(2)11-8(12)5-10(3,4)6-9(11)13;1-2/h7H,5-6H2,1-4H3;1-2H3. The van der Waals surface area contributed by atoms with Gasteiger partial charge >= 0.3 is 0 Å². The molecule has 0 aromatic heterocycles. The Morgan fingerprint density at radius 1 is 1.07 bits per heavy atom. The summed E-state index contributed by atoms with van der Waals surface area (Å²) in [6.45, 7) is 11.7. The molecular formula is C12H23NO2. The second-order valence-electron chi connectivity index (χ2n) is 4.77. The summed E-state index contributed by atoms with van der Waals surface area (Å²) in [4.78, 5) is 24.5. The van der Waals surface area contributed by atoms with E-state index >= 15 is 0 Å². The molecule has 1 rings (SSSR count). The molecule has 0 bridgehead atoms. The molecule has 0 aliphatic carbocycles. The normalized spacial score (nSPS) is 20.1. The van der Waals surface area contributed by atoms with E-state index in [0.29, 0.717) is 12.8 Å². The fraction of sp³-hybridized carbons (Fsp3) is 0.833. The van der Waals surface area contributed by atoms with E-state index in [1.54, 1.807) is 0 Å². The Morgan fingerprint density at radius 3 is 1.67 bits per heavy atom. The number of hydrogen-bond acceptors (Lipinski definition) is 2. The molecular weight excluding hydrogens is 190 g/mol. The Balaban J connectivity index is 0.000000921. The van der Waals surface area contributed by atoms with Crippen molar-refractivity contribution in [3.8, 4) is 0 Å². The van der Waals surface area contributed by atoms with E-state index in [-0.39, 0.29) is 23.3 Å². The van der Waals surface area contributed by atoms with Crippen LogP contribution in [0.5, 0.6) is 0 Å². The van der Waals surface area contributed by atoms with E-state index in [9.17, 15) is 9.59 Å². The van der Waals surface area contributed by atoms with E-state index in [2.05, 4.69) is 0 Å². The molecule has 1 saturated heterocycles. The minimum Gasteiger partial charge on any atom is -0.280 e. The van der Waals surface area contributed by atoms with Gasteiger partial charge in [-0.3, -0.25) is 14.5 Å². The van der Waals surface area contributed by atoms with Crippen molar-refractivity contribution in [1.82, 2.24) is 4.90 Å². The Bertz CT molecular complexity index is 224. The number of piperidine rings is 1. The van der Waals surface area contributed by atoms with Crippen molar-refractivity contribution in [3.05, 3.63) is 0 Å². The van der Waals surface area contributed by atoms with Gasteiger partial charge in [-0.15, -0.1) is 0 Å². The van der Waals surface area contributed by atoms with Crippen LogP contribution in [0.1, 0.15) is 54.4 Å². The van der Waals surface area contributed by atoms with Gasteiger partial charge in [0.05, 0.1) is 0 Å². The number of imide groups is 1. The number of likely N-dealkylation sites (tertiary alicyclic amines) is 1. The summed E-state index contributed by atoms with van der Waals surface area (Å²) >= 11 is 0. The fourth-order valence-electron chi connectivity index (χ4n) is 1.77. The highest BCUT2D eigenvalue weighted by Gasteiger charge is 2.38. The highest BCUT2D eigenvalue weighted by molar-refractivity contribution is 5.98. The Kier molecular flexibility index (Phi) is 4.98. The summed E-state index contributed by atoms with van der Waals surface area (Å²) in [6, 6.07) is -0.00361. The lowest BCUT2D eigenvalue weighted by Crippen LogP contribution is -2.49. The summed E-state index contributed by atoms with van der Waals surface area (Å²) < 4.78 is 0. The SMILES string of the molecule is CC.CC(C)N1C(=O)CC(C)(C)CC1=O. The van der Waals surface area contributed by atoms with Crippen LogP contribution in [0.2, 0.25) is 0 Å². The van der Waals surface area contributed by atoms with Crippen LogP contribution in [0.25, 0.3) is 0 Å². The van der Waals surface area contributed by atoms with Crippen LogP contribution in [-0.2, 0) is 9.59 Å². The highest BCUT2D eigenvalue weighted by atomic mass is 16.2. The van der Waals surface area contributed by atoms with Gasteiger partial charge in [0.1, 0.15) is 0 Å². The molecule has 1 aliphatic heterocycles. The highest BCUT2D eigenvalue weighted by Crippen LogP contribution is 2.32. The molecule has 2 amide bonds. The molecule has 1 aliphatic rings. The molecule has 15 heavy (non-hydrogen) atoms. The van der Waals surface area contributed by atoms with E-state index in [1.165, 1.54) is 4.90 Å². The van der Waals surface area contributed by atoms with Gasteiger partial charge in [-0.25, -0.2) is 0 Å². The zero-order valence-corrected chi connectivity index (χ0v) is 10.8. The predicted molar refractivity (Wildman–Crippen MR) is 61.4 cm³/mol.